The SMILES string of the molecule is COc1ccc2c(O[C@@H]3CC4C(=O)NCC(CCC(=O)NS(=O)(=O)C5CC5)/C=C\CCCCC[C@H](NC(=O)c5ccn(CC(C)F)n5)C(=O)N4C3)cc(OC(C)C)nc2c1C. The average molecular weight is 868 g/mol. The number of ether oxygens (including phenoxy) is 3. The molecule has 3 aliphatic rings. The summed E-state index contributed by atoms with van der Waals surface area (Å²) in [5, 5.41) is 10.2. The number of nitrogens with one attached hydrogen (secondary N) is 3. The summed E-state index contributed by atoms with van der Waals surface area (Å²) in [5.74, 6) is -0.972. The van der Waals surface area contributed by atoms with Gasteiger partial charge in [0.2, 0.25) is 33.6 Å². The summed E-state index contributed by atoms with van der Waals surface area (Å²) in [6, 6.07) is 4.82. The monoisotopic (exact) mass is 867 g/mol. The Labute approximate surface area is 356 Å². The molecule has 3 aromatic rings. The molecule has 16 nitrogen and oxygen atoms in total. The van der Waals surface area contributed by atoms with Crippen LogP contribution in [0.2, 0.25) is 0 Å². The van der Waals surface area contributed by atoms with Crippen molar-refractivity contribution in [3.05, 3.63) is 53.9 Å². The maximum absolute atomic E-state index is 14.7. The Hall–Kier alpha value is -5.26. The zero-order valence-electron chi connectivity index (χ0n) is 35.5. The summed E-state index contributed by atoms with van der Waals surface area (Å²) in [6.07, 6.45) is 7.95. The highest BCUT2D eigenvalue weighted by Crippen LogP contribution is 2.37. The number of nitrogens with zero attached hydrogens (tertiary/aromatic N) is 4. The average Bonchev–Trinajstić information content (AvgIpc) is 3.85. The van der Waals surface area contributed by atoms with E-state index in [1.165, 1.54) is 28.8 Å². The van der Waals surface area contributed by atoms with Crippen LogP contribution in [0.25, 0.3) is 10.9 Å². The van der Waals surface area contributed by atoms with Gasteiger partial charge in [0, 0.05) is 42.6 Å². The number of carbonyl (C=O) groups excluding carboxylic acids is 4. The lowest BCUT2D eigenvalue weighted by atomic mass is 10.0. The molecule has 3 N–H and O–H groups in total. The number of amides is 4. The largest absolute Gasteiger partial charge is 0.496 e. The van der Waals surface area contributed by atoms with Crippen LogP contribution in [0.15, 0.2) is 42.6 Å². The number of sulfonamides is 1. The van der Waals surface area contributed by atoms with Crippen molar-refractivity contribution in [2.45, 2.75) is 134 Å². The molecule has 4 amide bonds. The topological polar surface area (TPSA) is 200 Å². The number of halogens is 1. The molecular formula is C43H58FN7O9S. The molecule has 2 fully saturated rings. The quantitative estimate of drug-likeness (QED) is 0.190. The number of fused-ring (bicyclic) bond motifs is 2. The van der Waals surface area contributed by atoms with Crippen LogP contribution >= 0.6 is 0 Å². The molecule has 332 valence electrons. The fourth-order valence-corrected chi connectivity index (χ4v) is 9.09. The number of methoxy groups -OCH3 is 1. The van der Waals surface area contributed by atoms with Gasteiger partial charge < -0.3 is 29.7 Å². The van der Waals surface area contributed by atoms with Crippen molar-refractivity contribution in [2.75, 3.05) is 20.2 Å². The van der Waals surface area contributed by atoms with Crippen molar-refractivity contribution in [3.8, 4) is 17.4 Å². The number of aryl methyl sites for hydroxylation is 1. The van der Waals surface area contributed by atoms with Crippen molar-refractivity contribution < 1.29 is 46.2 Å². The Morgan fingerprint density at radius 3 is 2.57 bits per heavy atom. The van der Waals surface area contributed by atoms with Gasteiger partial charge >= 0.3 is 0 Å². The molecule has 18 heteroatoms. The molecule has 4 heterocycles. The zero-order valence-corrected chi connectivity index (χ0v) is 36.3. The normalized spacial score (nSPS) is 22.7. The third-order valence-electron chi connectivity index (χ3n) is 11.0. The van der Waals surface area contributed by atoms with Gasteiger partial charge in [0.15, 0.2) is 0 Å². The molecule has 5 atom stereocenters. The molecule has 0 radical (unpaired) electrons. The van der Waals surface area contributed by atoms with E-state index >= 15 is 0 Å². The standard InChI is InChI=1S/C43H58FN7O9S/c1-26(2)59-39-22-37(32-16-17-36(58-5)28(4)40(32)47-39)60-30-21-35-42(54)45-23-29(13-18-38(52)49-61(56,57)31-14-15-31)11-9-7-6-8-10-12-34(43(55)51(35)25-30)46-41(53)33-19-20-50(48-33)24-27(3)44/h9,11,16-17,19-20,22,26-27,29-31,34-35H,6-8,10,12-15,18,21,23-25H2,1-5H3,(H,45,54)(H,46,53)(H,49,52)/b11-9-/t27?,29?,30-,34+,35?/m1/s1. The minimum Gasteiger partial charge on any atom is -0.496 e. The summed E-state index contributed by atoms with van der Waals surface area (Å²) < 4.78 is 60.2. The maximum Gasteiger partial charge on any atom is 0.272 e. The Morgan fingerprint density at radius 2 is 1.85 bits per heavy atom. The highest BCUT2D eigenvalue weighted by molar-refractivity contribution is 7.90. The Balaban J connectivity index is 1.26. The fraction of sp³-hybridized carbons (Fsp3) is 0.581. The van der Waals surface area contributed by atoms with E-state index in [4.69, 9.17) is 19.2 Å². The minimum atomic E-state index is -3.69. The van der Waals surface area contributed by atoms with Crippen LogP contribution < -0.4 is 29.6 Å². The smallest absolute Gasteiger partial charge is 0.272 e. The number of aromatic nitrogens is 3. The van der Waals surface area contributed by atoms with E-state index in [-0.39, 0.29) is 56.6 Å². The first-order valence-corrected chi connectivity index (χ1v) is 22.8. The van der Waals surface area contributed by atoms with Crippen LogP contribution in [0.4, 0.5) is 4.39 Å². The molecule has 61 heavy (non-hydrogen) atoms. The highest BCUT2D eigenvalue weighted by atomic mass is 32.2. The highest BCUT2D eigenvalue weighted by Gasteiger charge is 2.43. The van der Waals surface area contributed by atoms with Gasteiger partial charge in [0.1, 0.15) is 41.6 Å². The molecule has 2 aromatic heterocycles. The first-order chi connectivity index (χ1) is 29.1. The molecule has 2 aliphatic heterocycles. The van der Waals surface area contributed by atoms with Gasteiger partial charge in [-0.1, -0.05) is 25.0 Å². The number of carbonyl (C=O) groups is 4. The summed E-state index contributed by atoms with van der Waals surface area (Å²) in [6.45, 7) is 7.17. The molecule has 1 aliphatic carbocycles. The first kappa shape index (κ1) is 45.3. The van der Waals surface area contributed by atoms with Crippen molar-refractivity contribution in [3.63, 3.8) is 0 Å². The number of pyridine rings is 1. The Bertz CT molecular complexity index is 2210. The summed E-state index contributed by atoms with van der Waals surface area (Å²) in [7, 11) is -2.11. The molecule has 1 saturated heterocycles. The molecular weight excluding hydrogens is 810 g/mol. The van der Waals surface area contributed by atoms with Gasteiger partial charge in [-0.2, -0.15) is 5.10 Å². The summed E-state index contributed by atoms with van der Waals surface area (Å²) >= 11 is 0. The van der Waals surface area contributed by atoms with Crippen LogP contribution in [-0.4, -0.2) is 108 Å². The van der Waals surface area contributed by atoms with Gasteiger partial charge in [0.05, 0.1) is 37.1 Å². The molecule has 1 saturated carbocycles. The third-order valence-corrected chi connectivity index (χ3v) is 12.9. The van der Waals surface area contributed by atoms with Crippen LogP contribution in [0.5, 0.6) is 17.4 Å². The molecule has 3 unspecified atom stereocenters. The van der Waals surface area contributed by atoms with Crippen molar-refractivity contribution in [1.82, 2.24) is 35.0 Å². The lowest BCUT2D eigenvalue weighted by Gasteiger charge is -2.29. The number of rotatable bonds is 14. The molecule has 0 spiro atoms. The van der Waals surface area contributed by atoms with Gasteiger partial charge in [-0.05, 0) is 90.3 Å². The van der Waals surface area contributed by atoms with Gasteiger partial charge in [-0.25, -0.2) is 17.8 Å². The lowest BCUT2D eigenvalue weighted by molar-refractivity contribution is -0.140. The van der Waals surface area contributed by atoms with E-state index in [0.717, 1.165) is 18.4 Å². The van der Waals surface area contributed by atoms with Gasteiger partial charge in [-0.15, -0.1) is 0 Å². The van der Waals surface area contributed by atoms with Crippen LogP contribution in [0.1, 0.15) is 101 Å². The second-order valence-electron chi connectivity index (χ2n) is 16.5. The van der Waals surface area contributed by atoms with E-state index in [1.54, 1.807) is 13.2 Å². The Morgan fingerprint density at radius 1 is 1.07 bits per heavy atom. The van der Waals surface area contributed by atoms with Gasteiger partial charge in [0.25, 0.3) is 5.91 Å². The maximum atomic E-state index is 14.7. The van der Waals surface area contributed by atoms with E-state index in [2.05, 4.69) is 20.5 Å². The van der Waals surface area contributed by atoms with Crippen LogP contribution in [-0.2, 0) is 31.0 Å². The van der Waals surface area contributed by atoms with Crippen molar-refractivity contribution in [2.24, 2.45) is 5.92 Å². The molecule has 1 aromatic carbocycles. The second-order valence-corrected chi connectivity index (χ2v) is 18.5. The lowest BCUT2D eigenvalue weighted by Crippen LogP contribution is -2.54. The molecule has 0 bridgehead atoms. The third kappa shape index (κ3) is 12.0. The van der Waals surface area contributed by atoms with Gasteiger partial charge in [-0.3, -0.25) is 28.6 Å². The summed E-state index contributed by atoms with van der Waals surface area (Å²) in [4.78, 5) is 61.4. The second kappa shape index (κ2) is 20.1. The minimum absolute atomic E-state index is 0.0185. The Kier molecular flexibility index (Phi) is 14.9. The fourth-order valence-electron chi connectivity index (χ4n) is 7.74. The summed E-state index contributed by atoms with van der Waals surface area (Å²) in [5.41, 5.74) is 1.42. The van der Waals surface area contributed by atoms with Crippen LogP contribution in [0, 0.1) is 12.8 Å². The van der Waals surface area contributed by atoms with E-state index in [1.807, 2.05) is 45.1 Å². The van der Waals surface area contributed by atoms with E-state index in [9.17, 15) is 32.0 Å². The number of hydrogen-bond donors (Lipinski definition) is 3. The first-order valence-electron chi connectivity index (χ1n) is 21.2. The number of benzene rings is 1. The number of hydrogen-bond acceptors (Lipinski definition) is 11. The molecule has 6 rings (SSSR count). The number of allylic oxidation sites excluding steroid dienone is 1. The van der Waals surface area contributed by atoms with E-state index < -0.39 is 63.3 Å². The van der Waals surface area contributed by atoms with Crippen LogP contribution in [0.3, 0.4) is 0 Å². The zero-order chi connectivity index (χ0) is 43.8. The van der Waals surface area contributed by atoms with Crippen molar-refractivity contribution >= 4 is 44.6 Å². The van der Waals surface area contributed by atoms with E-state index in [0.29, 0.717) is 60.4 Å². The number of alkyl halides is 1. The predicted octanol–water partition coefficient (Wildman–Crippen LogP) is 4.68. The predicted molar refractivity (Wildman–Crippen MR) is 225 cm³/mol. The van der Waals surface area contributed by atoms with Crippen molar-refractivity contribution in [1.29, 1.82) is 0 Å².